The Labute approximate surface area is 174 Å². The van der Waals surface area contributed by atoms with Gasteiger partial charge < -0.3 is 10.1 Å². The largest absolute Gasteiger partial charge is 0.377 e. The molecule has 1 fully saturated rings. The first-order chi connectivity index (χ1) is 14.8. The van der Waals surface area contributed by atoms with Crippen LogP contribution < -0.4 is 10.9 Å². The average molecular weight is 404 g/mol. The Morgan fingerprint density at radius 2 is 1.87 bits per heavy atom. The molecule has 1 aliphatic carbocycles. The van der Waals surface area contributed by atoms with E-state index in [0.29, 0.717) is 13.2 Å². The number of rotatable bonds is 4. The second-order valence-corrected chi connectivity index (χ2v) is 7.80. The van der Waals surface area contributed by atoms with Gasteiger partial charge in [0.25, 0.3) is 5.56 Å². The highest BCUT2D eigenvalue weighted by atomic mass is 16.5. The van der Waals surface area contributed by atoms with Crippen molar-refractivity contribution < 1.29 is 4.74 Å². The minimum Gasteiger partial charge on any atom is -0.377 e. The Kier molecular flexibility index (Phi) is 5.23. The molecule has 3 aromatic rings. The van der Waals surface area contributed by atoms with Gasteiger partial charge in [0.05, 0.1) is 24.9 Å². The highest BCUT2D eigenvalue weighted by Crippen LogP contribution is 2.27. The minimum absolute atomic E-state index is 0.0925. The quantitative estimate of drug-likeness (QED) is 0.667. The smallest absolute Gasteiger partial charge is 0.267 e. The Morgan fingerprint density at radius 1 is 1.00 bits per heavy atom. The van der Waals surface area contributed by atoms with Crippen LogP contribution in [-0.2, 0) is 17.6 Å². The molecular formula is C22H24N6O2. The van der Waals surface area contributed by atoms with Crippen molar-refractivity contribution in [2.24, 2.45) is 0 Å². The molecule has 8 heteroatoms. The standard InChI is InChI=1S/C22H24N6O2/c29-21-7-6-17(15-8-10-23-11-9-15)27-28(21)20-13-30-12-19(20)26-22-16-4-2-1-3-5-18(16)24-14-25-22/h6-11,14,19-20H,1-5,12-13H2,(H,24,25,26). The van der Waals surface area contributed by atoms with E-state index >= 15 is 0 Å². The molecule has 154 valence electrons. The molecule has 2 aliphatic rings. The maximum atomic E-state index is 12.6. The van der Waals surface area contributed by atoms with Gasteiger partial charge in [-0.25, -0.2) is 14.6 Å². The van der Waals surface area contributed by atoms with Crippen molar-refractivity contribution in [3.63, 3.8) is 0 Å². The van der Waals surface area contributed by atoms with Crippen LogP contribution in [0.1, 0.15) is 36.6 Å². The van der Waals surface area contributed by atoms with Crippen molar-refractivity contribution in [3.05, 3.63) is 64.6 Å². The summed E-state index contributed by atoms with van der Waals surface area (Å²) in [7, 11) is 0. The van der Waals surface area contributed by atoms with Crippen LogP contribution in [0.4, 0.5) is 5.82 Å². The van der Waals surface area contributed by atoms with Crippen molar-refractivity contribution in [2.45, 2.75) is 44.2 Å². The summed E-state index contributed by atoms with van der Waals surface area (Å²) in [4.78, 5) is 25.7. The van der Waals surface area contributed by atoms with E-state index in [2.05, 4.69) is 25.4 Å². The van der Waals surface area contributed by atoms with Gasteiger partial charge in [-0.2, -0.15) is 5.10 Å². The third-order valence-corrected chi connectivity index (χ3v) is 5.86. The molecule has 3 aromatic heterocycles. The molecule has 0 radical (unpaired) electrons. The number of pyridine rings is 1. The van der Waals surface area contributed by atoms with Crippen LogP contribution in [0.25, 0.3) is 11.3 Å². The molecule has 0 spiro atoms. The van der Waals surface area contributed by atoms with Gasteiger partial charge in [-0.3, -0.25) is 9.78 Å². The highest BCUT2D eigenvalue weighted by Gasteiger charge is 2.32. The molecule has 2 unspecified atom stereocenters. The van der Waals surface area contributed by atoms with Crippen molar-refractivity contribution >= 4 is 5.82 Å². The Morgan fingerprint density at radius 3 is 2.77 bits per heavy atom. The van der Waals surface area contributed by atoms with Crippen LogP contribution in [0.15, 0.2) is 47.8 Å². The van der Waals surface area contributed by atoms with Crippen LogP contribution in [-0.4, -0.2) is 44.0 Å². The molecule has 5 rings (SSSR count). The van der Waals surface area contributed by atoms with Crippen LogP contribution in [0.3, 0.4) is 0 Å². The summed E-state index contributed by atoms with van der Waals surface area (Å²) in [5, 5.41) is 8.19. The zero-order chi connectivity index (χ0) is 20.3. The molecule has 4 heterocycles. The number of hydrogen-bond acceptors (Lipinski definition) is 7. The maximum Gasteiger partial charge on any atom is 0.267 e. The van der Waals surface area contributed by atoms with Gasteiger partial charge >= 0.3 is 0 Å². The molecular weight excluding hydrogens is 380 g/mol. The molecule has 0 aromatic carbocycles. The highest BCUT2D eigenvalue weighted by molar-refractivity contribution is 5.57. The number of anilines is 1. The van der Waals surface area contributed by atoms with Crippen molar-refractivity contribution in [3.8, 4) is 11.3 Å². The number of ether oxygens (including phenoxy) is 1. The lowest BCUT2D eigenvalue weighted by Crippen LogP contribution is -2.37. The zero-order valence-electron chi connectivity index (χ0n) is 16.7. The Hall–Kier alpha value is -3.13. The molecule has 1 N–H and O–H groups in total. The van der Waals surface area contributed by atoms with Crippen molar-refractivity contribution in [1.82, 2.24) is 24.7 Å². The first-order valence-electron chi connectivity index (χ1n) is 10.5. The van der Waals surface area contributed by atoms with Gasteiger partial charge in [-0.15, -0.1) is 0 Å². The topological polar surface area (TPSA) is 94.8 Å². The zero-order valence-corrected chi connectivity index (χ0v) is 16.7. The molecule has 30 heavy (non-hydrogen) atoms. The molecule has 0 bridgehead atoms. The summed E-state index contributed by atoms with van der Waals surface area (Å²) in [5.41, 5.74) is 3.85. The van der Waals surface area contributed by atoms with E-state index in [1.165, 1.54) is 18.4 Å². The van der Waals surface area contributed by atoms with Crippen LogP contribution in [0.2, 0.25) is 0 Å². The second-order valence-electron chi connectivity index (χ2n) is 7.80. The first kappa shape index (κ1) is 18.9. The number of fused-ring (bicyclic) bond motifs is 1. The molecule has 0 amide bonds. The molecule has 2 atom stereocenters. The van der Waals surface area contributed by atoms with Gasteiger partial charge in [0.15, 0.2) is 0 Å². The summed E-state index contributed by atoms with van der Waals surface area (Å²) < 4.78 is 7.29. The number of aromatic nitrogens is 5. The number of nitrogens with zero attached hydrogens (tertiary/aromatic N) is 5. The lowest BCUT2D eigenvalue weighted by Gasteiger charge is -2.22. The van der Waals surface area contributed by atoms with E-state index in [1.54, 1.807) is 35.5 Å². The van der Waals surface area contributed by atoms with Gasteiger partial charge in [-0.05, 0) is 43.9 Å². The van der Waals surface area contributed by atoms with E-state index < -0.39 is 0 Å². The van der Waals surface area contributed by atoms with Gasteiger partial charge in [-0.1, -0.05) is 6.42 Å². The van der Waals surface area contributed by atoms with Crippen molar-refractivity contribution in [2.75, 3.05) is 18.5 Å². The normalized spacial score (nSPS) is 21.1. The van der Waals surface area contributed by atoms with Crippen LogP contribution in [0, 0.1) is 0 Å². The SMILES string of the molecule is O=c1ccc(-c2ccncc2)nn1C1COCC1Nc1ncnc2c1CCCCC2. The van der Waals surface area contributed by atoms with Crippen LogP contribution in [0.5, 0.6) is 0 Å². The summed E-state index contributed by atoms with van der Waals surface area (Å²) >= 11 is 0. The summed E-state index contributed by atoms with van der Waals surface area (Å²) in [6.07, 6.45) is 10.6. The van der Waals surface area contributed by atoms with Crippen LogP contribution >= 0.6 is 0 Å². The Balaban J connectivity index is 1.45. The second kappa shape index (κ2) is 8.31. The maximum absolute atomic E-state index is 12.6. The fourth-order valence-electron chi connectivity index (χ4n) is 4.26. The average Bonchev–Trinajstić information content (AvgIpc) is 3.09. The predicted molar refractivity (Wildman–Crippen MR) is 112 cm³/mol. The van der Waals surface area contributed by atoms with Gasteiger partial charge in [0.1, 0.15) is 18.2 Å². The third-order valence-electron chi connectivity index (χ3n) is 5.86. The van der Waals surface area contributed by atoms with E-state index in [4.69, 9.17) is 4.74 Å². The summed E-state index contributed by atoms with van der Waals surface area (Å²) in [5.74, 6) is 0.862. The van der Waals surface area contributed by atoms with Gasteiger partial charge in [0, 0.05) is 35.3 Å². The van der Waals surface area contributed by atoms with Gasteiger partial charge in [0.2, 0.25) is 0 Å². The lowest BCUT2D eigenvalue weighted by atomic mass is 10.1. The minimum atomic E-state index is -0.212. The Bertz CT molecular complexity index is 1080. The van der Waals surface area contributed by atoms with E-state index in [0.717, 1.165) is 42.0 Å². The third kappa shape index (κ3) is 3.70. The summed E-state index contributed by atoms with van der Waals surface area (Å²) in [6.45, 7) is 0.925. The first-order valence-corrected chi connectivity index (χ1v) is 10.5. The van der Waals surface area contributed by atoms with E-state index in [-0.39, 0.29) is 17.6 Å². The number of aryl methyl sites for hydroxylation is 1. The molecule has 8 nitrogen and oxygen atoms in total. The monoisotopic (exact) mass is 404 g/mol. The van der Waals surface area contributed by atoms with E-state index in [9.17, 15) is 4.79 Å². The molecule has 1 saturated heterocycles. The molecule has 0 saturated carbocycles. The molecule has 1 aliphatic heterocycles. The van der Waals surface area contributed by atoms with Crippen molar-refractivity contribution in [1.29, 1.82) is 0 Å². The summed E-state index contributed by atoms with van der Waals surface area (Å²) in [6, 6.07) is 6.77. The predicted octanol–water partition coefficient (Wildman–Crippen LogP) is 2.42. The van der Waals surface area contributed by atoms with E-state index in [1.807, 2.05) is 12.1 Å². The lowest BCUT2D eigenvalue weighted by molar-refractivity contribution is 0.183. The number of nitrogens with one attached hydrogen (secondary N) is 1. The number of hydrogen-bond donors (Lipinski definition) is 1. The fourth-order valence-corrected chi connectivity index (χ4v) is 4.26. The fraction of sp³-hybridized carbons (Fsp3) is 0.409.